The van der Waals surface area contributed by atoms with E-state index < -0.39 is 11.9 Å². The number of hydrogen-bond donors (Lipinski definition) is 1. The minimum Gasteiger partial charge on any atom is -0.383 e. The molecular formula is C36H45ClFN9O4. The molecule has 1 atom stereocenters. The number of carbonyl (C=O) groups excluding carboxylic acids is 3. The zero-order chi connectivity index (χ0) is 36.8. The van der Waals surface area contributed by atoms with Crippen molar-refractivity contribution in [2.75, 3.05) is 65.9 Å². The number of imidazole rings is 1. The van der Waals surface area contributed by atoms with Crippen LogP contribution in [0.25, 0.3) is 22.5 Å². The van der Waals surface area contributed by atoms with Crippen molar-refractivity contribution in [3.05, 3.63) is 70.8 Å². The number of piperazine rings is 1. The lowest BCUT2D eigenvalue weighted by atomic mass is 10.00. The molecule has 51 heavy (non-hydrogen) atoms. The molecule has 3 amide bonds. The molecule has 0 spiro atoms. The highest BCUT2D eigenvalue weighted by molar-refractivity contribution is 6.34. The Labute approximate surface area is 302 Å². The number of pyridine rings is 1. The molecule has 1 aromatic carbocycles. The minimum absolute atomic E-state index is 0.0348. The molecule has 0 saturated carbocycles. The molecule has 4 heterocycles. The fourth-order valence-corrected chi connectivity index (χ4v) is 6.44. The highest BCUT2D eigenvalue weighted by atomic mass is 35.5. The maximum Gasteiger partial charge on any atom is 0.291 e. The lowest BCUT2D eigenvalue weighted by Gasteiger charge is -2.36. The lowest BCUT2D eigenvalue weighted by molar-refractivity contribution is -0.137. The number of nitrogens with zero attached hydrogens (tertiary/aromatic N) is 8. The molecule has 13 nitrogen and oxygen atoms in total. The van der Waals surface area contributed by atoms with Gasteiger partial charge in [-0.05, 0) is 70.7 Å². The van der Waals surface area contributed by atoms with Gasteiger partial charge in [-0.15, -0.1) is 0 Å². The standard InChI is InChI=1S/C36H45ClFN9O4/c1-7-24(12-13-43(3)4)35(49)45-14-16-46(17-15-45)36(50)26-9-8-25(20-29(26)37)41-34(48)33-39-22-31(44(33)5)27-10-11-30(42-32(27)38)28-21-40-47(23(28)2)18-19-51-6/h8-11,20-22,24H,7,12-19H2,1-6H3,(H,41,48). The van der Waals surface area contributed by atoms with Crippen LogP contribution in [0.3, 0.4) is 0 Å². The maximum absolute atomic E-state index is 15.4. The number of methoxy groups -OCH3 is 1. The van der Waals surface area contributed by atoms with Crippen molar-refractivity contribution in [3.8, 4) is 22.5 Å². The number of amides is 3. The normalized spacial score (nSPS) is 13.9. The van der Waals surface area contributed by atoms with Crippen molar-refractivity contribution in [1.82, 2.24) is 39.0 Å². The van der Waals surface area contributed by atoms with E-state index in [0.29, 0.717) is 67.5 Å². The summed E-state index contributed by atoms with van der Waals surface area (Å²) in [5.41, 5.74) is 3.19. The fourth-order valence-electron chi connectivity index (χ4n) is 6.18. The average molecular weight is 722 g/mol. The Bertz CT molecular complexity index is 1880. The zero-order valence-corrected chi connectivity index (χ0v) is 30.7. The lowest BCUT2D eigenvalue weighted by Crippen LogP contribution is -2.52. The zero-order valence-electron chi connectivity index (χ0n) is 29.9. The molecule has 1 N–H and O–H groups in total. The van der Waals surface area contributed by atoms with E-state index in [0.717, 1.165) is 25.1 Å². The van der Waals surface area contributed by atoms with Crippen LogP contribution in [0, 0.1) is 18.8 Å². The van der Waals surface area contributed by atoms with Crippen LogP contribution in [0.1, 0.15) is 46.4 Å². The molecule has 4 aromatic rings. The Balaban J connectivity index is 1.21. The second-order valence-electron chi connectivity index (χ2n) is 12.9. The van der Waals surface area contributed by atoms with Gasteiger partial charge in [0.25, 0.3) is 11.8 Å². The number of ether oxygens (including phenoxy) is 1. The van der Waals surface area contributed by atoms with E-state index in [9.17, 15) is 14.4 Å². The van der Waals surface area contributed by atoms with Crippen molar-refractivity contribution in [1.29, 1.82) is 0 Å². The Kier molecular flexibility index (Phi) is 12.2. The van der Waals surface area contributed by atoms with E-state index in [-0.39, 0.29) is 34.1 Å². The van der Waals surface area contributed by atoms with E-state index in [1.54, 1.807) is 54.2 Å². The van der Waals surface area contributed by atoms with Crippen molar-refractivity contribution in [2.24, 2.45) is 13.0 Å². The van der Waals surface area contributed by atoms with Crippen LogP contribution in [-0.4, -0.2) is 117 Å². The first-order valence-corrected chi connectivity index (χ1v) is 17.3. The van der Waals surface area contributed by atoms with Gasteiger partial charge < -0.3 is 29.3 Å². The van der Waals surface area contributed by atoms with Crippen molar-refractivity contribution < 1.29 is 23.5 Å². The van der Waals surface area contributed by atoms with Gasteiger partial charge in [-0.2, -0.15) is 9.49 Å². The van der Waals surface area contributed by atoms with E-state index >= 15 is 4.39 Å². The number of anilines is 1. The molecular weight excluding hydrogens is 677 g/mol. The third-order valence-electron chi connectivity index (χ3n) is 9.31. The molecule has 1 aliphatic heterocycles. The van der Waals surface area contributed by atoms with Gasteiger partial charge in [0.05, 0.1) is 53.1 Å². The first-order valence-electron chi connectivity index (χ1n) is 17.0. The number of nitrogens with one attached hydrogen (secondary N) is 1. The molecule has 0 radical (unpaired) electrons. The van der Waals surface area contributed by atoms with Gasteiger partial charge in [0.1, 0.15) is 0 Å². The monoisotopic (exact) mass is 721 g/mol. The van der Waals surface area contributed by atoms with Crippen LogP contribution in [0.2, 0.25) is 5.02 Å². The topological polar surface area (TPSA) is 131 Å². The molecule has 5 rings (SSSR count). The molecule has 15 heteroatoms. The summed E-state index contributed by atoms with van der Waals surface area (Å²) in [6, 6.07) is 7.98. The average Bonchev–Trinajstić information content (AvgIpc) is 3.68. The summed E-state index contributed by atoms with van der Waals surface area (Å²) in [5.74, 6) is -1.35. The summed E-state index contributed by atoms with van der Waals surface area (Å²) in [4.78, 5) is 53.8. The van der Waals surface area contributed by atoms with Gasteiger partial charge in [-0.3, -0.25) is 19.1 Å². The minimum atomic E-state index is -0.711. The van der Waals surface area contributed by atoms with Crippen LogP contribution in [0.15, 0.2) is 42.7 Å². The van der Waals surface area contributed by atoms with E-state index in [2.05, 4.69) is 25.3 Å². The molecule has 1 unspecified atom stereocenters. The quantitative estimate of drug-likeness (QED) is 0.198. The van der Waals surface area contributed by atoms with Gasteiger partial charge in [0, 0.05) is 63.2 Å². The summed E-state index contributed by atoms with van der Waals surface area (Å²) in [6.07, 6.45) is 4.64. The van der Waals surface area contributed by atoms with Crippen molar-refractivity contribution in [2.45, 2.75) is 33.2 Å². The number of rotatable bonds is 13. The van der Waals surface area contributed by atoms with Crippen LogP contribution in [0.4, 0.5) is 10.1 Å². The molecule has 272 valence electrons. The number of hydrogen-bond acceptors (Lipinski definition) is 8. The van der Waals surface area contributed by atoms with Crippen molar-refractivity contribution in [3.63, 3.8) is 0 Å². The molecule has 1 fully saturated rings. The molecule has 0 aliphatic carbocycles. The van der Waals surface area contributed by atoms with Crippen LogP contribution < -0.4 is 5.32 Å². The van der Waals surface area contributed by atoms with E-state index in [1.165, 1.54) is 16.8 Å². The summed E-state index contributed by atoms with van der Waals surface area (Å²) < 4.78 is 23.8. The smallest absolute Gasteiger partial charge is 0.291 e. The first-order chi connectivity index (χ1) is 24.4. The van der Waals surface area contributed by atoms with E-state index in [1.807, 2.05) is 32.8 Å². The highest BCUT2D eigenvalue weighted by Gasteiger charge is 2.29. The molecule has 3 aromatic heterocycles. The number of carbonyl (C=O) groups is 3. The molecule has 0 bridgehead atoms. The SMILES string of the molecule is CCC(CCN(C)C)C(=O)N1CCN(C(=O)c2ccc(NC(=O)c3ncc(-c4ccc(-c5cnn(CCOC)c5C)nc4F)n3C)cc2Cl)CC1. The Morgan fingerprint density at radius 2 is 1.78 bits per heavy atom. The van der Waals surface area contributed by atoms with Gasteiger partial charge in [-0.25, -0.2) is 9.97 Å². The van der Waals surface area contributed by atoms with Gasteiger partial charge >= 0.3 is 0 Å². The number of halogens is 2. The third-order valence-corrected chi connectivity index (χ3v) is 9.62. The number of aromatic nitrogens is 5. The predicted octanol–water partition coefficient (Wildman–Crippen LogP) is 4.61. The largest absolute Gasteiger partial charge is 0.383 e. The van der Waals surface area contributed by atoms with Crippen LogP contribution >= 0.6 is 11.6 Å². The third kappa shape index (κ3) is 8.46. The second-order valence-corrected chi connectivity index (χ2v) is 13.3. The Morgan fingerprint density at radius 1 is 1.06 bits per heavy atom. The Morgan fingerprint density at radius 3 is 2.43 bits per heavy atom. The Hall–Kier alpha value is -4.66. The summed E-state index contributed by atoms with van der Waals surface area (Å²) >= 11 is 6.55. The van der Waals surface area contributed by atoms with Crippen molar-refractivity contribution >= 4 is 35.0 Å². The summed E-state index contributed by atoms with van der Waals surface area (Å²) in [6.45, 7) is 7.57. The first kappa shape index (κ1) is 37.6. The van der Waals surface area contributed by atoms with Gasteiger partial charge in [-0.1, -0.05) is 18.5 Å². The summed E-state index contributed by atoms with van der Waals surface area (Å²) in [7, 11) is 7.22. The molecule has 1 aliphatic rings. The summed E-state index contributed by atoms with van der Waals surface area (Å²) in [5, 5.41) is 7.29. The van der Waals surface area contributed by atoms with Gasteiger partial charge in [0.15, 0.2) is 5.82 Å². The maximum atomic E-state index is 15.4. The van der Waals surface area contributed by atoms with Crippen LogP contribution in [-0.2, 0) is 23.1 Å². The number of benzene rings is 1. The predicted molar refractivity (Wildman–Crippen MR) is 193 cm³/mol. The fraction of sp³-hybridized carbons (Fsp3) is 0.444. The molecule has 1 saturated heterocycles. The van der Waals surface area contributed by atoms with Crippen LogP contribution in [0.5, 0.6) is 0 Å². The van der Waals surface area contributed by atoms with E-state index in [4.69, 9.17) is 16.3 Å². The highest BCUT2D eigenvalue weighted by Crippen LogP contribution is 2.28. The van der Waals surface area contributed by atoms with Gasteiger partial charge in [0.2, 0.25) is 11.9 Å². The second kappa shape index (κ2) is 16.6.